The zero-order chi connectivity index (χ0) is 17.4. The molecule has 110 valence electrons. The van der Waals surface area contributed by atoms with Crippen molar-refractivity contribution >= 4 is 22.0 Å². The monoisotopic (exact) mass is 343 g/mol. The molecule has 1 saturated heterocycles. The number of ether oxygens (including phenoxy) is 1. The van der Waals surface area contributed by atoms with Gasteiger partial charge in [0.05, 0.1) is 4.11 Å². The topological polar surface area (TPSA) is 42.4 Å². The van der Waals surface area contributed by atoms with E-state index in [4.69, 9.17) is 8.85 Å². The second kappa shape index (κ2) is 6.12. The first-order valence-electron chi connectivity index (χ1n) is 8.21. The predicted octanol–water partition coefficient (Wildman–Crippen LogP) is 3.96. The zero-order valence-electron chi connectivity index (χ0n) is 15.0. The first-order valence-corrected chi connectivity index (χ1v) is 7.50. The third-order valence-electron chi connectivity index (χ3n) is 3.03. The maximum Gasteiger partial charge on any atom is 0.410 e. The molecule has 0 aliphatic carbocycles. The minimum atomic E-state index is -0.552. The van der Waals surface area contributed by atoms with Crippen LogP contribution >= 0.6 is 15.9 Å². The number of halogens is 1. The number of nitrogens with zero attached hydrogens (tertiary/aromatic N) is 2. The molecule has 5 heteroatoms. The predicted molar refractivity (Wildman–Crippen MR) is 81.7 cm³/mol. The van der Waals surface area contributed by atoms with Gasteiger partial charge in [-0.15, -0.1) is 0 Å². The van der Waals surface area contributed by atoms with Crippen molar-refractivity contribution in [1.29, 1.82) is 0 Å². The number of hydrogen-bond donors (Lipinski definition) is 0. The van der Waals surface area contributed by atoms with Gasteiger partial charge in [-0.1, -0.05) is 0 Å². The molecule has 1 aliphatic heterocycles. The quantitative estimate of drug-likeness (QED) is 0.774. The SMILES string of the molecule is [2H]c1nc(C2CCCN(C(=O)OC(C)(C)C)C2)c([2H])c([2H])c1Br. The standard InChI is InChI=1S/C15H21BrN2O2/c1-15(2,3)20-14(19)18-8-4-5-11(10-18)13-7-6-12(16)9-17-13/h6-7,9,11H,4-5,8,10H2,1-3H3/i6D,7D,9D. The fourth-order valence-electron chi connectivity index (χ4n) is 2.17. The maximum atomic E-state index is 12.2. The smallest absolute Gasteiger partial charge is 0.410 e. The van der Waals surface area contributed by atoms with Crippen LogP contribution < -0.4 is 0 Å². The van der Waals surface area contributed by atoms with Crippen LogP contribution in [0.5, 0.6) is 0 Å². The summed E-state index contributed by atoms with van der Waals surface area (Å²) in [4.78, 5) is 18.0. The van der Waals surface area contributed by atoms with Gasteiger partial charge in [-0.2, -0.15) is 0 Å². The Hall–Kier alpha value is -1.10. The van der Waals surface area contributed by atoms with E-state index < -0.39 is 5.60 Å². The second-order valence-corrected chi connectivity index (χ2v) is 6.73. The van der Waals surface area contributed by atoms with Crippen molar-refractivity contribution < 1.29 is 13.6 Å². The molecule has 0 aromatic carbocycles. The van der Waals surface area contributed by atoms with Gasteiger partial charge in [-0.25, -0.2) is 4.79 Å². The van der Waals surface area contributed by atoms with Crippen molar-refractivity contribution in [2.24, 2.45) is 0 Å². The number of aromatic nitrogens is 1. The number of rotatable bonds is 1. The molecule has 4 nitrogen and oxygen atoms in total. The molecule has 1 fully saturated rings. The van der Waals surface area contributed by atoms with E-state index in [0.29, 0.717) is 18.8 Å². The number of carbonyl (C=O) groups excluding carboxylic acids is 1. The van der Waals surface area contributed by atoms with Gasteiger partial charge >= 0.3 is 6.09 Å². The zero-order valence-corrected chi connectivity index (χ0v) is 13.6. The molecule has 0 radical (unpaired) electrons. The minimum Gasteiger partial charge on any atom is -0.444 e. The Morgan fingerprint density at radius 1 is 1.55 bits per heavy atom. The van der Waals surface area contributed by atoms with Crippen molar-refractivity contribution in [2.45, 2.75) is 45.1 Å². The summed E-state index contributed by atoms with van der Waals surface area (Å²) in [6, 6.07) is -0.0155. The molecule has 2 rings (SSSR count). The summed E-state index contributed by atoms with van der Waals surface area (Å²) in [6.45, 7) is 6.47. The summed E-state index contributed by atoms with van der Waals surface area (Å²) >= 11 is 3.11. The molecule has 2 heterocycles. The molecule has 1 aromatic heterocycles. The second-order valence-electron chi connectivity index (χ2n) is 5.94. The summed E-state index contributed by atoms with van der Waals surface area (Å²) in [5.74, 6) is -0.148. The summed E-state index contributed by atoms with van der Waals surface area (Å²) in [5.41, 5.74) is -0.139. The lowest BCUT2D eigenvalue weighted by molar-refractivity contribution is 0.0197. The van der Waals surface area contributed by atoms with Gasteiger partial charge in [0.2, 0.25) is 0 Å². The van der Waals surface area contributed by atoms with Gasteiger partial charge in [0, 0.05) is 35.3 Å². The van der Waals surface area contributed by atoms with Gasteiger partial charge in [-0.3, -0.25) is 4.98 Å². The van der Waals surface area contributed by atoms with Crippen molar-refractivity contribution in [2.75, 3.05) is 13.1 Å². The molecule has 0 bridgehead atoms. The van der Waals surface area contributed by atoms with Crippen LogP contribution in [0, 0.1) is 0 Å². The number of piperidine rings is 1. The van der Waals surface area contributed by atoms with E-state index in [1.54, 1.807) is 4.90 Å². The number of carbonyl (C=O) groups is 1. The molecule has 0 saturated carbocycles. The van der Waals surface area contributed by atoms with Crippen LogP contribution in [0.3, 0.4) is 0 Å². The Balaban J connectivity index is 2.21. The normalized spacial score (nSPS) is 21.9. The van der Waals surface area contributed by atoms with E-state index >= 15 is 0 Å². The number of likely N-dealkylation sites (tertiary alicyclic amines) is 1. The van der Waals surface area contributed by atoms with E-state index in [-0.39, 0.29) is 34.7 Å². The molecular weight excluding hydrogens is 320 g/mol. The van der Waals surface area contributed by atoms with Crippen molar-refractivity contribution in [1.82, 2.24) is 9.88 Å². The van der Waals surface area contributed by atoms with Crippen LogP contribution in [0.15, 0.2) is 22.7 Å². The number of pyridine rings is 1. The highest BCUT2D eigenvalue weighted by Gasteiger charge is 2.28. The molecule has 1 amide bonds. The van der Waals surface area contributed by atoms with Crippen LogP contribution in [0.4, 0.5) is 4.79 Å². The first-order chi connectivity index (χ1) is 10.6. The molecule has 20 heavy (non-hydrogen) atoms. The number of hydrogen-bond acceptors (Lipinski definition) is 3. The largest absolute Gasteiger partial charge is 0.444 e. The van der Waals surface area contributed by atoms with E-state index in [0.717, 1.165) is 12.8 Å². The summed E-state index contributed by atoms with van der Waals surface area (Å²) in [7, 11) is 0. The third-order valence-corrected chi connectivity index (χ3v) is 3.41. The molecule has 0 spiro atoms. The lowest BCUT2D eigenvalue weighted by Crippen LogP contribution is -2.42. The Kier molecular flexibility index (Phi) is 3.53. The van der Waals surface area contributed by atoms with Crippen LogP contribution in [-0.2, 0) is 4.74 Å². The third kappa shape index (κ3) is 4.20. The van der Waals surface area contributed by atoms with Crippen molar-refractivity contribution in [3.63, 3.8) is 0 Å². The maximum absolute atomic E-state index is 12.2. The Bertz CT molecular complexity index is 620. The first kappa shape index (κ1) is 11.5. The van der Waals surface area contributed by atoms with Crippen LogP contribution in [0.1, 0.15) is 49.3 Å². The number of amides is 1. The summed E-state index contributed by atoms with van der Waals surface area (Å²) in [5, 5.41) is 0. The van der Waals surface area contributed by atoms with Gasteiger partial charge < -0.3 is 9.64 Å². The molecule has 1 unspecified atom stereocenters. The van der Waals surface area contributed by atoms with Crippen LogP contribution in [0.2, 0.25) is 0 Å². The van der Waals surface area contributed by atoms with Crippen molar-refractivity contribution in [3.8, 4) is 0 Å². The Morgan fingerprint density at radius 3 is 3.00 bits per heavy atom. The van der Waals surface area contributed by atoms with E-state index in [1.165, 1.54) is 0 Å². The Labute approximate surface area is 132 Å². The fourth-order valence-corrected chi connectivity index (χ4v) is 2.36. The summed E-state index contributed by atoms with van der Waals surface area (Å²) in [6.07, 6.45) is 1.14. The molecule has 0 N–H and O–H groups in total. The van der Waals surface area contributed by atoms with Gasteiger partial charge in [-0.05, 0) is 61.6 Å². The van der Waals surface area contributed by atoms with E-state index in [9.17, 15) is 4.79 Å². The van der Waals surface area contributed by atoms with Crippen LogP contribution in [-0.4, -0.2) is 34.7 Å². The lowest BCUT2D eigenvalue weighted by atomic mass is 9.94. The lowest BCUT2D eigenvalue weighted by Gasteiger charge is -2.33. The minimum absolute atomic E-state index is 0.0175. The van der Waals surface area contributed by atoms with Crippen molar-refractivity contribution in [3.05, 3.63) is 28.4 Å². The van der Waals surface area contributed by atoms with Gasteiger partial charge in [0.1, 0.15) is 5.60 Å². The van der Waals surface area contributed by atoms with E-state index in [2.05, 4.69) is 20.9 Å². The van der Waals surface area contributed by atoms with Gasteiger partial charge in [0.25, 0.3) is 0 Å². The highest BCUT2D eigenvalue weighted by Crippen LogP contribution is 2.27. The molecule has 1 atom stereocenters. The Morgan fingerprint density at radius 2 is 2.30 bits per heavy atom. The molecular formula is C15H21BrN2O2. The molecule has 1 aromatic rings. The average molecular weight is 344 g/mol. The summed E-state index contributed by atoms with van der Waals surface area (Å²) < 4.78 is 29.4. The highest BCUT2D eigenvalue weighted by molar-refractivity contribution is 9.10. The average Bonchev–Trinajstić information content (AvgIpc) is 2.47. The van der Waals surface area contributed by atoms with E-state index in [1.807, 2.05) is 20.8 Å². The fraction of sp³-hybridized carbons (Fsp3) is 0.600. The van der Waals surface area contributed by atoms with Crippen LogP contribution in [0.25, 0.3) is 0 Å². The highest BCUT2D eigenvalue weighted by atomic mass is 79.9. The molecule has 1 aliphatic rings. The van der Waals surface area contributed by atoms with Gasteiger partial charge in [0.15, 0.2) is 0 Å².